The van der Waals surface area contributed by atoms with Crippen LogP contribution in [-0.2, 0) is 0 Å². The van der Waals surface area contributed by atoms with Gasteiger partial charge in [-0.3, -0.25) is 9.97 Å². The summed E-state index contributed by atoms with van der Waals surface area (Å²) in [6.45, 7) is 0. The van der Waals surface area contributed by atoms with E-state index in [1.54, 1.807) is 0 Å². The van der Waals surface area contributed by atoms with Gasteiger partial charge < -0.3 is 5.32 Å². The molecule has 0 amide bonds. The minimum atomic E-state index is 0.547. The van der Waals surface area contributed by atoms with Gasteiger partial charge in [0.15, 0.2) is 0 Å². The highest BCUT2D eigenvalue weighted by Crippen LogP contribution is 2.32. The molecule has 5 heteroatoms. The number of hydrogen-bond donors (Lipinski definition) is 1. The molecule has 0 saturated heterocycles. The Labute approximate surface area is 125 Å². The maximum absolute atomic E-state index is 4.49. The maximum atomic E-state index is 4.49. The fourth-order valence-corrected chi connectivity index (χ4v) is 3.95. The van der Waals surface area contributed by atoms with Gasteiger partial charge in [0.05, 0.1) is 11.2 Å². The lowest BCUT2D eigenvalue weighted by Crippen LogP contribution is -2.25. The van der Waals surface area contributed by atoms with Crippen molar-refractivity contribution in [1.82, 2.24) is 9.97 Å². The normalized spacial score (nSPS) is 22.8. The Hall–Kier alpha value is -0.810. The van der Waals surface area contributed by atoms with E-state index in [2.05, 4.69) is 37.5 Å². The molecular formula is C14H16BrN3S. The molecule has 100 valence electrons. The van der Waals surface area contributed by atoms with E-state index < -0.39 is 0 Å². The number of hydrogen-bond acceptors (Lipinski definition) is 4. The van der Waals surface area contributed by atoms with Crippen LogP contribution in [0.25, 0.3) is 11.0 Å². The first-order valence-electron chi connectivity index (χ1n) is 6.47. The number of fused-ring (bicyclic) bond motifs is 1. The zero-order chi connectivity index (χ0) is 13.2. The molecule has 0 aromatic carbocycles. The third-order valence-electron chi connectivity index (χ3n) is 3.64. The highest BCUT2D eigenvalue weighted by atomic mass is 79.9. The fraction of sp³-hybridized carbons (Fsp3) is 0.429. The molecule has 0 aliphatic heterocycles. The van der Waals surface area contributed by atoms with Gasteiger partial charge in [-0.15, -0.1) is 0 Å². The summed E-state index contributed by atoms with van der Waals surface area (Å²) >= 11 is 5.40. The van der Waals surface area contributed by atoms with Gasteiger partial charge in [-0.25, -0.2) is 0 Å². The SMILES string of the molecule is CSC1CCCC1Nc1ccnc2cc(Br)cnc12. The molecule has 2 aromatic rings. The van der Waals surface area contributed by atoms with Crippen LogP contribution in [0, 0.1) is 0 Å². The Morgan fingerprint density at radius 3 is 3.11 bits per heavy atom. The highest BCUT2D eigenvalue weighted by Gasteiger charge is 2.26. The van der Waals surface area contributed by atoms with Crippen molar-refractivity contribution < 1.29 is 0 Å². The summed E-state index contributed by atoms with van der Waals surface area (Å²) in [6, 6.07) is 4.58. The summed E-state index contributed by atoms with van der Waals surface area (Å²) in [6.07, 6.45) is 9.74. The van der Waals surface area contributed by atoms with Crippen molar-refractivity contribution >= 4 is 44.4 Å². The first-order chi connectivity index (χ1) is 9.28. The summed E-state index contributed by atoms with van der Waals surface area (Å²) in [5, 5.41) is 4.37. The van der Waals surface area contributed by atoms with Crippen molar-refractivity contribution in [1.29, 1.82) is 0 Å². The molecule has 3 nitrogen and oxygen atoms in total. The molecule has 1 saturated carbocycles. The van der Waals surface area contributed by atoms with Crippen molar-refractivity contribution in [3.63, 3.8) is 0 Å². The van der Waals surface area contributed by atoms with E-state index >= 15 is 0 Å². The molecule has 1 fully saturated rings. The molecule has 2 aromatic heterocycles. The van der Waals surface area contributed by atoms with Crippen LogP contribution in [0.1, 0.15) is 19.3 Å². The lowest BCUT2D eigenvalue weighted by molar-refractivity contribution is 0.769. The van der Waals surface area contributed by atoms with Crippen LogP contribution >= 0.6 is 27.7 Å². The molecule has 0 spiro atoms. The Balaban J connectivity index is 1.92. The second kappa shape index (κ2) is 5.67. The molecule has 1 aliphatic carbocycles. The van der Waals surface area contributed by atoms with Crippen molar-refractivity contribution in [2.75, 3.05) is 11.6 Å². The molecule has 1 N–H and O–H groups in total. The third-order valence-corrected chi connectivity index (χ3v) is 5.24. The van der Waals surface area contributed by atoms with Crippen LogP contribution in [0.15, 0.2) is 29.0 Å². The van der Waals surface area contributed by atoms with E-state index in [1.165, 1.54) is 19.3 Å². The van der Waals surface area contributed by atoms with Gasteiger partial charge in [0.25, 0.3) is 0 Å². The van der Waals surface area contributed by atoms with Crippen LogP contribution in [-0.4, -0.2) is 27.5 Å². The first-order valence-corrected chi connectivity index (χ1v) is 8.55. The third kappa shape index (κ3) is 2.72. The number of anilines is 1. The summed E-state index contributed by atoms with van der Waals surface area (Å²) in [4.78, 5) is 8.87. The Kier molecular flexibility index (Phi) is 3.93. The number of nitrogens with one attached hydrogen (secondary N) is 1. The minimum absolute atomic E-state index is 0.547. The van der Waals surface area contributed by atoms with Gasteiger partial charge in [0.2, 0.25) is 0 Å². The molecule has 0 radical (unpaired) electrons. The average Bonchev–Trinajstić information content (AvgIpc) is 2.86. The van der Waals surface area contributed by atoms with E-state index in [9.17, 15) is 0 Å². The van der Waals surface area contributed by atoms with Gasteiger partial charge in [0, 0.05) is 28.2 Å². The molecule has 3 rings (SSSR count). The Morgan fingerprint density at radius 2 is 2.26 bits per heavy atom. The van der Waals surface area contributed by atoms with Crippen LogP contribution in [0.3, 0.4) is 0 Å². The summed E-state index contributed by atoms with van der Waals surface area (Å²) in [5.41, 5.74) is 2.99. The van der Waals surface area contributed by atoms with Crippen LogP contribution in [0.4, 0.5) is 5.69 Å². The van der Waals surface area contributed by atoms with Gasteiger partial charge >= 0.3 is 0 Å². The molecule has 2 heterocycles. The molecule has 0 bridgehead atoms. The predicted molar refractivity (Wildman–Crippen MR) is 85.8 cm³/mol. The number of rotatable bonds is 3. The summed E-state index contributed by atoms with van der Waals surface area (Å²) in [7, 11) is 0. The predicted octanol–water partition coefficient (Wildman–Crippen LogP) is 4.09. The van der Waals surface area contributed by atoms with Crippen LogP contribution < -0.4 is 5.32 Å². The fourth-order valence-electron chi connectivity index (χ4n) is 2.70. The zero-order valence-electron chi connectivity index (χ0n) is 10.8. The lowest BCUT2D eigenvalue weighted by Gasteiger charge is -2.21. The summed E-state index contributed by atoms with van der Waals surface area (Å²) in [5.74, 6) is 0. The van der Waals surface area contributed by atoms with E-state index in [0.717, 1.165) is 21.2 Å². The van der Waals surface area contributed by atoms with Crippen molar-refractivity contribution in [2.24, 2.45) is 0 Å². The summed E-state index contributed by atoms with van der Waals surface area (Å²) < 4.78 is 0.965. The van der Waals surface area contributed by atoms with Crippen molar-refractivity contribution in [3.8, 4) is 0 Å². The first kappa shape index (κ1) is 13.2. The van der Waals surface area contributed by atoms with Crippen LogP contribution in [0.2, 0.25) is 0 Å². The standard InChI is InChI=1S/C14H16BrN3S/c1-19-13-4-2-3-10(13)18-11-5-6-16-12-7-9(15)8-17-14(11)12/h5-8,10,13H,2-4H2,1H3,(H,16,18). The maximum Gasteiger partial charge on any atom is 0.112 e. The van der Waals surface area contributed by atoms with Gasteiger partial charge in [-0.2, -0.15) is 11.8 Å². The number of pyridine rings is 2. The molecule has 2 atom stereocenters. The second-order valence-electron chi connectivity index (χ2n) is 4.84. The molecular weight excluding hydrogens is 322 g/mol. The molecule has 19 heavy (non-hydrogen) atoms. The largest absolute Gasteiger partial charge is 0.379 e. The highest BCUT2D eigenvalue weighted by molar-refractivity contribution is 9.10. The van der Waals surface area contributed by atoms with E-state index in [4.69, 9.17) is 0 Å². The quantitative estimate of drug-likeness (QED) is 0.915. The van der Waals surface area contributed by atoms with Crippen molar-refractivity contribution in [3.05, 3.63) is 29.0 Å². The van der Waals surface area contributed by atoms with Gasteiger partial charge in [-0.05, 0) is 47.2 Å². The number of nitrogens with zero attached hydrogens (tertiary/aromatic N) is 2. The van der Waals surface area contributed by atoms with Crippen molar-refractivity contribution in [2.45, 2.75) is 30.6 Å². The van der Waals surface area contributed by atoms with Gasteiger partial charge in [-0.1, -0.05) is 6.42 Å². The monoisotopic (exact) mass is 337 g/mol. The average molecular weight is 338 g/mol. The van der Waals surface area contributed by atoms with E-state index in [-0.39, 0.29) is 0 Å². The minimum Gasteiger partial charge on any atom is -0.379 e. The number of halogens is 1. The Bertz CT molecular complexity index is 590. The van der Waals surface area contributed by atoms with E-state index in [1.807, 2.05) is 36.3 Å². The number of aromatic nitrogens is 2. The zero-order valence-corrected chi connectivity index (χ0v) is 13.2. The molecule has 1 aliphatic rings. The Morgan fingerprint density at radius 1 is 1.37 bits per heavy atom. The topological polar surface area (TPSA) is 37.8 Å². The second-order valence-corrected chi connectivity index (χ2v) is 6.83. The van der Waals surface area contributed by atoms with Gasteiger partial charge in [0.1, 0.15) is 5.52 Å². The molecule has 2 unspecified atom stereocenters. The lowest BCUT2D eigenvalue weighted by atomic mass is 10.2. The smallest absolute Gasteiger partial charge is 0.112 e. The van der Waals surface area contributed by atoms with Crippen LogP contribution in [0.5, 0.6) is 0 Å². The number of thioether (sulfide) groups is 1. The van der Waals surface area contributed by atoms with E-state index in [0.29, 0.717) is 11.3 Å².